The van der Waals surface area contributed by atoms with Crippen molar-refractivity contribution in [2.24, 2.45) is 4.99 Å². The Morgan fingerprint density at radius 1 is 1.06 bits per heavy atom. The van der Waals surface area contributed by atoms with Gasteiger partial charge in [-0.05, 0) is 48.8 Å². The van der Waals surface area contributed by atoms with E-state index in [4.69, 9.17) is 0 Å². The molecule has 0 N–H and O–H groups in total. The van der Waals surface area contributed by atoms with Crippen LogP contribution in [0.15, 0.2) is 40.4 Å². The summed E-state index contributed by atoms with van der Waals surface area (Å²) in [6.07, 6.45) is -1.72. The summed E-state index contributed by atoms with van der Waals surface area (Å²) in [5.41, 5.74) is 2.14. The van der Waals surface area contributed by atoms with Gasteiger partial charge in [0.25, 0.3) is 5.91 Å². The second-order valence-electron chi connectivity index (χ2n) is 8.44. The molecule has 0 bridgehead atoms. The molecule has 8 heteroatoms. The standard InChI is InChI=1S/C23H26F3N3O2/c1-15(30)29-10-4-5-17-13-27-21(19(17)14-29)22(31)28-11-8-16(9-12-28)18-6-2-3-7-20(18)23(24,25)26/h2-3,6-7,16H,4-5,8-14H2,1H3. The molecule has 5 nitrogen and oxygen atoms in total. The minimum Gasteiger partial charge on any atom is -0.339 e. The number of alkyl halides is 3. The Labute approximate surface area is 179 Å². The maximum atomic E-state index is 13.4. The van der Waals surface area contributed by atoms with Gasteiger partial charge in [-0.15, -0.1) is 0 Å². The van der Waals surface area contributed by atoms with Crippen LogP contribution in [0.4, 0.5) is 13.2 Å². The molecule has 3 heterocycles. The number of nitrogens with zero attached hydrogens (tertiary/aromatic N) is 3. The van der Waals surface area contributed by atoms with Gasteiger partial charge in [-0.25, -0.2) is 0 Å². The summed E-state index contributed by atoms with van der Waals surface area (Å²) in [5.74, 6) is -0.414. The number of carbonyl (C=O) groups excluding carboxylic acids is 2. The van der Waals surface area contributed by atoms with Crippen LogP contribution in [0.2, 0.25) is 0 Å². The second-order valence-corrected chi connectivity index (χ2v) is 8.44. The molecule has 4 rings (SSSR count). The summed E-state index contributed by atoms with van der Waals surface area (Å²) < 4.78 is 40.1. The van der Waals surface area contributed by atoms with Gasteiger partial charge >= 0.3 is 6.18 Å². The second kappa shape index (κ2) is 8.48. The molecule has 1 saturated heterocycles. The maximum Gasteiger partial charge on any atom is 0.416 e. The number of hydrogen-bond acceptors (Lipinski definition) is 3. The van der Waals surface area contributed by atoms with Gasteiger partial charge < -0.3 is 9.80 Å². The lowest BCUT2D eigenvalue weighted by atomic mass is 9.86. The molecule has 0 saturated carbocycles. The van der Waals surface area contributed by atoms with Crippen molar-refractivity contribution in [3.63, 3.8) is 0 Å². The molecule has 3 aliphatic heterocycles. The molecular weight excluding hydrogens is 407 g/mol. The van der Waals surface area contributed by atoms with E-state index in [1.165, 1.54) is 13.0 Å². The summed E-state index contributed by atoms with van der Waals surface area (Å²) in [7, 11) is 0. The normalized spacial score (nSPS) is 20.5. The number of halogens is 3. The Balaban J connectivity index is 1.45. The van der Waals surface area contributed by atoms with Gasteiger partial charge in [-0.2, -0.15) is 13.2 Å². The van der Waals surface area contributed by atoms with Crippen molar-refractivity contribution in [1.82, 2.24) is 9.80 Å². The Kier molecular flexibility index (Phi) is 5.90. The summed E-state index contributed by atoms with van der Waals surface area (Å²) in [5, 5.41) is 0. The van der Waals surface area contributed by atoms with Gasteiger partial charge in [0.2, 0.25) is 5.91 Å². The van der Waals surface area contributed by atoms with Gasteiger partial charge in [-0.1, -0.05) is 18.2 Å². The van der Waals surface area contributed by atoms with Crippen molar-refractivity contribution in [3.05, 3.63) is 46.5 Å². The van der Waals surface area contributed by atoms with Gasteiger partial charge in [0.05, 0.1) is 12.1 Å². The largest absolute Gasteiger partial charge is 0.416 e. The number of rotatable bonds is 2. The molecule has 0 aliphatic carbocycles. The predicted octanol–water partition coefficient (Wildman–Crippen LogP) is 3.80. The molecule has 0 atom stereocenters. The van der Waals surface area contributed by atoms with Crippen LogP contribution in [0.5, 0.6) is 0 Å². The van der Waals surface area contributed by atoms with Crippen molar-refractivity contribution < 1.29 is 22.8 Å². The lowest BCUT2D eigenvalue weighted by Gasteiger charge is -2.33. The van der Waals surface area contributed by atoms with Gasteiger partial charge in [0.15, 0.2) is 0 Å². The molecular formula is C23H26F3N3O2. The molecule has 31 heavy (non-hydrogen) atoms. The third kappa shape index (κ3) is 4.38. The third-order valence-electron chi connectivity index (χ3n) is 6.53. The molecule has 0 unspecified atom stereocenters. The Morgan fingerprint density at radius 3 is 2.45 bits per heavy atom. The van der Waals surface area contributed by atoms with Crippen molar-refractivity contribution in [1.29, 1.82) is 0 Å². The van der Waals surface area contributed by atoms with Crippen molar-refractivity contribution in [2.45, 2.75) is 44.7 Å². The number of likely N-dealkylation sites (tertiary alicyclic amines) is 1. The van der Waals surface area contributed by atoms with Crippen LogP contribution in [0, 0.1) is 0 Å². The first-order valence-electron chi connectivity index (χ1n) is 10.7. The zero-order valence-corrected chi connectivity index (χ0v) is 17.5. The van der Waals surface area contributed by atoms with E-state index >= 15 is 0 Å². The fourth-order valence-corrected chi connectivity index (χ4v) is 4.82. The molecule has 1 aromatic carbocycles. The molecule has 2 amide bonds. The zero-order chi connectivity index (χ0) is 22.2. The van der Waals surface area contributed by atoms with E-state index < -0.39 is 11.7 Å². The Bertz CT molecular complexity index is 944. The zero-order valence-electron chi connectivity index (χ0n) is 17.5. The van der Waals surface area contributed by atoms with E-state index in [0.29, 0.717) is 56.8 Å². The molecule has 1 fully saturated rings. The first kappa shape index (κ1) is 21.6. The average Bonchev–Trinajstić information content (AvgIpc) is 3.01. The molecule has 0 radical (unpaired) electrons. The van der Waals surface area contributed by atoms with Gasteiger partial charge in [0.1, 0.15) is 5.71 Å². The number of amides is 2. The highest BCUT2D eigenvalue weighted by atomic mass is 19.4. The lowest BCUT2D eigenvalue weighted by Crippen LogP contribution is -2.43. The van der Waals surface area contributed by atoms with E-state index in [1.807, 2.05) is 0 Å². The van der Waals surface area contributed by atoms with Crippen molar-refractivity contribution in [3.8, 4) is 0 Å². The smallest absolute Gasteiger partial charge is 0.339 e. The fourth-order valence-electron chi connectivity index (χ4n) is 4.82. The van der Waals surface area contributed by atoms with Crippen LogP contribution >= 0.6 is 0 Å². The summed E-state index contributed by atoms with van der Waals surface area (Å²) in [6, 6.07) is 5.72. The SMILES string of the molecule is CC(=O)N1CCCC2=C(C1)C(C(=O)N1CCC(c3ccccc3C(F)(F)F)CC1)=NC2. The minimum atomic E-state index is -4.38. The number of aliphatic imine (C=N–C) groups is 1. The van der Waals surface area contributed by atoms with Crippen molar-refractivity contribution >= 4 is 17.5 Å². The van der Waals surface area contributed by atoms with Gasteiger partial charge in [-0.3, -0.25) is 14.6 Å². The summed E-state index contributed by atoms with van der Waals surface area (Å²) in [4.78, 5) is 33.0. The maximum absolute atomic E-state index is 13.4. The van der Waals surface area contributed by atoms with Gasteiger partial charge in [0, 0.05) is 38.7 Å². The third-order valence-corrected chi connectivity index (χ3v) is 6.53. The van der Waals surface area contributed by atoms with Crippen LogP contribution in [0.3, 0.4) is 0 Å². The number of benzene rings is 1. The van der Waals surface area contributed by atoms with Crippen LogP contribution in [0.1, 0.15) is 49.7 Å². The molecule has 0 spiro atoms. The molecule has 1 aromatic rings. The summed E-state index contributed by atoms with van der Waals surface area (Å²) >= 11 is 0. The van der Waals surface area contributed by atoms with E-state index in [-0.39, 0.29) is 17.7 Å². The Morgan fingerprint density at radius 2 is 1.77 bits per heavy atom. The lowest BCUT2D eigenvalue weighted by molar-refractivity contribution is -0.138. The highest BCUT2D eigenvalue weighted by molar-refractivity contribution is 6.46. The van der Waals surface area contributed by atoms with Crippen LogP contribution in [0.25, 0.3) is 0 Å². The molecule has 3 aliphatic rings. The predicted molar refractivity (Wildman–Crippen MR) is 111 cm³/mol. The topological polar surface area (TPSA) is 53.0 Å². The monoisotopic (exact) mass is 433 g/mol. The quantitative estimate of drug-likeness (QED) is 0.712. The van der Waals surface area contributed by atoms with Crippen LogP contribution in [-0.4, -0.2) is 60.0 Å². The van der Waals surface area contributed by atoms with E-state index in [9.17, 15) is 22.8 Å². The van der Waals surface area contributed by atoms with E-state index in [2.05, 4.69) is 4.99 Å². The van der Waals surface area contributed by atoms with E-state index in [0.717, 1.165) is 30.1 Å². The average molecular weight is 433 g/mol. The first-order valence-corrected chi connectivity index (χ1v) is 10.7. The first-order chi connectivity index (χ1) is 14.8. The van der Waals surface area contributed by atoms with Crippen LogP contribution in [-0.2, 0) is 15.8 Å². The summed E-state index contributed by atoms with van der Waals surface area (Å²) in [6.45, 7) is 3.90. The Hall–Kier alpha value is -2.64. The minimum absolute atomic E-state index is 0.0170. The highest BCUT2D eigenvalue weighted by Gasteiger charge is 2.37. The molecule has 0 aromatic heterocycles. The highest BCUT2D eigenvalue weighted by Crippen LogP contribution is 2.38. The van der Waals surface area contributed by atoms with E-state index in [1.54, 1.807) is 21.9 Å². The number of hydrogen-bond donors (Lipinski definition) is 0. The fraction of sp³-hybridized carbons (Fsp3) is 0.522. The molecule has 166 valence electrons. The number of piperidine rings is 1. The number of carbonyl (C=O) groups is 2. The van der Waals surface area contributed by atoms with Crippen molar-refractivity contribution in [2.75, 3.05) is 32.7 Å². The van der Waals surface area contributed by atoms with Crippen LogP contribution < -0.4 is 0 Å².